The molecule has 1 aromatic carbocycles. The van der Waals surface area contributed by atoms with Crippen LogP contribution in [0.3, 0.4) is 0 Å². The zero-order valence-electron chi connectivity index (χ0n) is 7.78. The molecule has 0 bridgehead atoms. The second kappa shape index (κ2) is 4.50. The minimum atomic E-state index is -0.143. The average molecular weight is 178 g/mol. The minimum Gasteiger partial charge on any atom is -0.497 e. The van der Waals surface area contributed by atoms with Gasteiger partial charge in [0.2, 0.25) is 5.91 Å². The third kappa shape index (κ3) is 3.15. The first-order valence-electron chi connectivity index (χ1n) is 4.03. The molecule has 3 nitrogen and oxygen atoms in total. The Morgan fingerprint density at radius 3 is 2.46 bits per heavy atom. The van der Waals surface area contributed by atoms with Crippen molar-refractivity contribution >= 4 is 5.91 Å². The SMILES string of the molecule is COc1ccc(C[N]C(C)=O)cc1. The maximum Gasteiger partial charge on any atom is 0.238 e. The van der Waals surface area contributed by atoms with Crippen molar-refractivity contribution in [2.75, 3.05) is 7.11 Å². The van der Waals surface area contributed by atoms with E-state index in [1.807, 2.05) is 24.3 Å². The molecule has 0 aliphatic carbocycles. The fourth-order valence-electron chi connectivity index (χ4n) is 0.934. The molecular weight excluding hydrogens is 166 g/mol. The molecule has 0 aliphatic rings. The summed E-state index contributed by atoms with van der Waals surface area (Å²) in [5, 5.41) is 3.77. The second-order valence-electron chi connectivity index (χ2n) is 2.68. The predicted octanol–water partition coefficient (Wildman–Crippen LogP) is 1.35. The molecule has 1 radical (unpaired) electrons. The fourth-order valence-corrected chi connectivity index (χ4v) is 0.934. The largest absolute Gasteiger partial charge is 0.497 e. The average Bonchev–Trinajstić information content (AvgIpc) is 2.15. The summed E-state index contributed by atoms with van der Waals surface area (Å²) >= 11 is 0. The van der Waals surface area contributed by atoms with Gasteiger partial charge in [-0.15, -0.1) is 0 Å². The molecule has 0 heterocycles. The van der Waals surface area contributed by atoms with E-state index in [1.165, 1.54) is 6.92 Å². The molecule has 1 rings (SSSR count). The van der Waals surface area contributed by atoms with Gasteiger partial charge in [-0.1, -0.05) is 12.1 Å². The van der Waals surface area contributed by atoms with Gasteiger partial charge in [0.1, 0.15) is 5.75 Å². The summed E-state index contributed by atoms with van der Waals surface area (Å²) in [5.74, 6) is 0.669. The molecule has 0 saturated heterocycles. The maximum absolute atomic E-state index is 10.5. The lowest BCUT2D eigenvalue weighted by Gasteiger charge is -2.01. The summed E-state index contributed by atoms with van der Waals surface area (Å²) in [4.78, 5) is 10.5. The van der Waals surface area contributed by atoms with Crippen molar-refractivity contribution in [3.63, 3.8) is 0 Å². The van der Waals surface area contributed by atoms with E-state index >= 15 is 0 Å². The molecule has 0 fully saturated rings. The first-order valence-corrected chi connectivity index (χ1v) is 4.03. The summed E-state index contributed by atoms with van der Waals surface area (Å²) in [6.07, 6.45) is 0. The number of nitrogens with zero attached hydrogens (tertiary/aromatic N) is 1. The van der Waals surface area contributed by atoms with E-state index in [0.29, 0.717) is 6.54 Å². The Labute approximate surface area is 77.7 Å². The van der Waals surface area contributed by atoms with E-state index in [4.69, 9.17) is 4.74 Å². The minimum absolute atomic E-state index is 0.143. The molecule has 13 heavy (non-hydrogen) atoms. The van der Waals surface area contributed by atoms with Crippen molar-refractivity contribution < 1.29 is 9.53 Å². The number of amides is 1. The third-order valence-corrected chi connectivity index (χ3v) is 1.64. The van der Waals surface area contributed by atoms with Gasteiger partial charge in [0.15, 0.2) is 0 Å². The summed E-state index contributed by atoms with van der Waals surface area (Å²) < 4.78 is 5.00. The van der Waals surface area contributed by atoms with Crippen molar-refractivity contribution in [2.24, 2.45) is 0 Å². The molecule has 1 amide bonds. The molecule has 0 aliphatic heterocycles. The standard InChI is InChI=1S/C10H12NO2/c1-8(12)11-7-9-3-5-10(13-2)6-4-9/h3-6H,7H2,1-2H3. The van der Waals surface area contributed by atoms with Crippen LogP contribution in [0.2, 0.25) is 0 Å². The first-order chi connectivity index (χ1) is 6.22. The number of methoxy groups -OCH3 is 1. The topological polar surface area (TPSA) is 40.4 Å². The highest BCUT2D eigenvalue weighted by Crippen LogP contribution is 2.10. The number of rotatable bonds is 3. The number of benzene rings is 1. The number of carbonyl (C=O) groups excluding carboxylic acids is 1. The van der Waals surface area contributed by atoms with Crippen molar-refractivity contribution in [2.45, 2.75) is 13.5 Å². The van der Waals surface area contributed by atoms with Crippen LogP contribution in [-0.4, -0.2) is 13.0 Å². The molecule has 0 atom stereocenters. The number of hydrogen-bond donors (Lipinski definition) is 0. The van der Waals surface area contributed by atoms with Crippen LogP contribution in [0.15, 0.2) is 24.3 Å². The first kappa shape index (κ1) is 9.58. The molecular formula is C10H12NO2. The van der Waals surface area contributed by atoms with Crippen molar-refractivity contribution in [3.8, 4) is 5.75 Å². The van der Waals surface area contributed by atoms with Crippen LogP contribution < -0.4 is 10.1 Å². The summed E-state index contributed by atoms with van der Waals surface area (Å²) in [5.41, 5.74) is 1.01. The molecule has 69 valence electrons. The zero-order chi connectivity index (χ0) is 9.68. The highest BCUT2D eigenvalue weighted by Gasteiger charge is 1.96. The van der Waals surface area contributed by atoms with Gasteiger partial charge in [0.05, 0.1) is 13.7 Å². The lowest BCUT2D eigenvalue weighted by molar-refractivity contribution is -0.119. The quantitative estimate of drug-likeness (QED) is 0.700. The van der Waals surface area contributed by atoms with E-state index in [-0.39, 0.29) is 5.91 Å². The van der Waals surface area contributed by atoms with Crippen LogP contribution in [0.1, 0.15) is 12.5 Å². The monoisotopic (exact) mass is 178 g/mol. The smallest absolute Gasteiger partial charge is 0.238 e. The highest BCUT2D eigenvalue weighted by molar-refractivity contribution is 5.72. The molecule has 0 unspecified atom stereocenters. The van der Waals surface area contributed by atoms with Gasteiger partial charge in [-0.2, -0.15) is 0 Å². The van der Waals surface area contributed by atoms with Gasteiger partial charge < -0.3 is 4.74 Å². The Morgan fingerprint density at radius 2 is 2.00 bits per heavy atom. The van der Waals surface area contributed by atoms with Crippen molar-refractivity contribution in [1.29, 1.82) is 0 Å². The maximum atomic E-state index is 10.5. The van der Waals surface area contributed by atoms with E-state index in [2.05, 4.69) is 5.32 Å². The molecule has 1 aromatic rings. The fraction of sp³-hybridized carbons (Fsp3) is 0.300. The third-order valence-electron chi connectivity index (χ3n) is 1.64. The van der Waals surface area contributed by atoms with Crippen LogP contribution in [0.25, 0.3) is 0 Å². The molecule has 0 N–H and O–H groups in total. The zero-order valence-corrected chi connectivity index (χ0v) is 7.78. The highest BCUT2D eigenvalue weighted by atomic mass is 16.5. The van der Waals surface area contributed by atoms with Gasteiger partial charge in [-0.25, -0.2) is 5.32 Å². The van der Waals surface area contributed by atoms with Gasteiger partial charge in [0.25, 0.3) is 0 Å². The van der Waals surface area contributed by atoms with E-state index < -0.39 is 0 Å². The van der Waals surface area contributed by atoms with Crippen LogP contribution in [-0.2, 0) is 11.3 Å². The molecule has 0 spiro atoms. The number of carbonyl (C=O) groups is 1. The van der Waals surface area contributed by atoms with Crippen LogP contribution in [0, 0.1) is 0 Å². The summed E-state index contributed by atoms with van der Waals surface area (Å²) in [7, 11) is 1.62. The normalized spacial score (nSPS) is 9.38. The Kier molecular flexibility index (Phi) is 3.31. The lowest BCUT2D eigenvalue weighted by atomic mass is 10.2. The van der Waals surface area contributed by atoms with Gasteiger partial charge in [-0.3, -0.25) is 4.79 Å². The molecule has 0 aromatic heterocycles. The van der Waals surface area contributed by atoms with Crippen molar-refractivity contribution in [3.05, 3.63) is 29.8 Å². The van der Waals surface area contributed by atoms with Crippen molar-refractivity contribution in [1.82, 2.24) is 5.32 Å². The Morgan fingerprint density at radius 1 is 1.38 bits per heavy atom. The van der Waals surface area contributed by atoms with E-state index in [9.17, 15) is 4.79 Å². The van der Waals surface area contributed by atoms with Gasteiger partial charge in [-0.05, 0) is 17.7 Å². The number of hydrogen-bond acceptors (Lipinski definition) is 2. The summed E-state index contributed by atoms with van der Waals surface area (Å²) in [6.45, 7) is 1.89. The van der Waals surface area contributed by atoms with E-state index in [0.717, 1.165) is 11.3 Å². The predicted molar refractivity (Wildman–Crippen MR) is 49.5 cm³/mol. The molecule has 0 saturated carbocycles. The number of ether oxygens (including phenoxy) is 1. The Hall–Kier alpha value is -1.51. The Bertz CT molecular complexity index is 279. The van der Waals surface area contributed by atoms with Gasteiger partial charge >= 0.3 is 0 Å². The van der Waals surface area contributed by atoms with Crippen LogP contribution in [0.4, 0.5) is 0 Å². The van der Waals surface area contributed by atoms with E-state index in [1.54, 1.807) is 7.11 Å². The van der Waals surface area contributed by atoms with Crippen LogP contribution in [0.5, 0.6) is 5.75 Å². The van der Waals surface area contributed by atoms with Gasteiger partial charge in [0, 0.05) is 6.92 Å². The molecule has 3 heteroatoms. The second-order valence-corrected chi connectivity index (χ2v) is 2.68. The lowest BCUT2D eigenvalue weighted by Crippen LogP contribution is -2.10. The van der Waals surface area contributed by atoms with Crippen LogP contribution >= 0.6 is 0 Å². The Balaban J connectivity index is 2.54. The summed E-state index contributed by atoms with van der Waals surface area (Å²) in [6, 6.07) is 7.49.